The molecule has 1 fully saturated rings. The minimum Gasteiger partial charge on any atom is -0.520 e. The molecule has 0 saturated carbocycles. The molecule has 0 spiro atoms. The molecule has 0 N–H and O–H groups in total. The van der Waals surface area contributed by atoms with Crippen molar-refractivity contribution >= 4 is 0 Å². The summed E-state index contributed by atoms with van der Waals surface area (Å²) in [4.78, 5) is 0. The van der Waals surface area contributed by atoms with Crippen LogP contribution in [-0.4, -0.2) is 13.4 Å². The fourth-order valence-electron chi connectivity index (χ4n) is 1.52. The van der Waals surface area contributed by atoms with Crippen molar-refractivity contribution in [1.82, 2.24) is 0 Å². The molecule has 1 aliphatic rings. The molecule has 0 aromatic heterocycles. The Hall–Kier alpha value is 0.832. The zero-order valence-corrected chi connectivity index (χ0v) is 16.3. The zero-order chi connectivity index (χ0) is 10.7. The quantitative estimate of drug-likeness (QED) is 0.703. The van der Waals surface area contributed by atoms with E-state index in [0.29, 0.717) is 5.92 Å². The Labute approximate surface area is 155 Å². The average molecular weight is 340 g/mol. The van der Waals surface area contributed by atoms with Crippen molar-refractivity contribution in [2.24, 2.45) is 5.92 Å². The molecule has 1 aromatic carbocycles. The summed E-state index contributed by atoms with van der Waals surface area (Å²) in [5, 5.41) is 0. The van der Waals surface area contributed by atoms with Crippen LogP contribution in [0, 0.1) is 12.5 Å². The molecule has 0 amide bonds. The van der Waals surface area contributed by atoms with Gasteiger partial charge in [-0.15, -0.1) is 5.92 Å². The summed E-state index contributed by atoms with van der Waals surface area (Å²) in [6, 6.07) is 7.51. The van der Waals surface area contributed by atoms with Crippen LogP contribution < -0.4 is 78.4 Å². The van der Waals surface area contributed by atoms with Crippen LogP contribution in [0.5, 0.6) is 11.5 Å². The van der Waals surface area contributed by atoms with Gasteiger partial charge < -0.3 is 14.2 Å². The second-order valence-electron chi connectivity index (χ2n) is 3.71. The van der Waals surface area contributed by atoms with Gasteiger partial charge in [0.2, 0.25) is 0 Å². The summed E-state index contributed by atoms with van der Waals surface area (Å²) >= 11 is 0. The van der Waals surface area contributed by atoms with Gasteiger partial charge in [0.15, 0.2) is 6.29 Å². The van der Waals surface area contributed by atoms with E-state index in [1.807, 2.05) is 30.9 Å². The van der Waals surface area contributed by atoms with Crippen LogP contribution in [0.1, 0.15) is 13.3 Å². The van der Waals surface area contributed by atoms with Crippen molar-refractivity contribution in [3.8, 4) is 11.5 Å². The number of hydrogen-bond donors (Lipinski definition) is 0. The predicted octanol–water partition coefficient (Wildman–Crippen LogP) is -0.378. The van der Waals surface area contributed by atoms with E-state index in [-0.39, 0.29) is 75.2 Å². The summed E-state index contributed by atoms with van der Waals surface area (Å²) in [7, 11) is 1.65. The van der Waals surface area contributed by atoms with Crippen LogP contribution in [0.3, 0.4) is 0 Å². The van der Waals surface area contributed by atoms with Crippen LogP contribution >= 0.6 is 0 Å². The fraction of sp³-hybridized carbons (Fsp3) is 0.417. The van der Waals surface area contributed by atoms with E-state index in [1.54, 1.807) is 7.11 Å². The van der Waals surface area contributed by atoms with E-state index in [1.165, 1.54) is 0 Å². The molecule has 16 heavy (non-hydrogen) atoms. The van der Waals surface area contributed by atoms with Crippen LogP contribution in [0.4, 0.5) is 0 Å². The molecule has 3 nitrogen and oxygen atoms in total. The molecule has 1 heterocycles. The molecule has 2 rings (SSSR count). The Kier molecular flexibility index (Phi) is 6.80. The SMILES string of the molecule is COc1ccc(OC2C[C@@H](C)[CH-]O2)cc1.[Cs+]. The van der Waals surface area contributed by atoms with Gasteiger partial charge in [0, 0.05) is 0 Å². The minimum absolute atomic E-state index is 0. The number of ether oxygens (including phenoxy) is 3. The number of methoxy groups -OCH3 is 1. The monoisotopic (exact) mass is 340 g/mol. The third-order valence-electron chi connectivity index (χ3n) is 2.35. The van der Waals surface area contributed by atoms with Crippen molar-refractivity contribution in [3.63, 3.8) is 0 Å². The minimum atomic E-state index is -0.145. The first-order valence-electron chi connectivity index (χ1n) is 5.07. The van der Waals surface area contributed by atoms with E-state index in [0.717, 1.165) is 17.9 Å². The number of benzene rings is 1. The molecule has 82 valence electrons. The van der Waals surface area contributed by atoms with Gasteiger partial charge in [-0.05, 0) is 30.7 Å². The summed E-state index contributed by atoms with van der Waals surface area (Å²) in [5.41, 5.74) is 0. The molecule has 1 aromatic rings. The van der Waals surface area contributed by atoms with E-state index in [4.69, 9.17) is 14.2 Å². The van der Waals surface area contributed by atoms with Crippen LogP contribution in [0.2, 0.25) is 0 Å². The standard InChI is InChI=1S/C12H15O3.Cs/c1-9-7-12(14-8-9)15-11-5-3-10(13-2)4-6-11;/h3-6,8-9,12H,7H2,1-2H3;/q-1;+1/t9-,12?;/m1./s1. The Bertz CT molecular complexity index is 313. The first-order valence-corrected chi connectivity index (χ1v) is 5.07. The van der Waals surface area contributed by atoms with Gasteiger partial charge in [-0.1, -0.05) is 6.92 Å². The Morgan fingerprint density at radius 1 is 1.25 bits per heavy atom. The largest absolute Gasteiger partial charge is 1.00 e. The molecule has 4 heteroatoms. The second kappa shape index (κ2) is 7.31. The van der Waals surface area contributed by atoms with E-state index >= 15 is 0 Å². The summed E-state index contributed by atoms with van der Waals surface area (Å²) in [5.74, 6) is 2.10. The maximum Gasteiger partial charge on any atom is 1.00 e. The molecule has 0 aliphatic carbocycles. The second-order valence-corrected chi connectivity index (χ2v) is 3.71. The predicted molar refractivity (Wildman–Crippen MR) is 56.6 cm³/mol. The van der Waals surface area contributed by atoms with Crippen LogP contribution in [0.25, 0.3) is 0 Å². The number of hydrogen-bond acceptors (Lipinski definition) is 3. The van der Waals surface area contributed by atoms with Gasteiger partial charge >= 0.3 is 68.9 Å². The average Bonchev–Trinajstić information content (AvgIpc) is 2.65. The molecule has 0 bridgehead atoms. The zero-order valence-electron chi connectivity index (χ0n) is 9.97. The topological polar surface area (TPSA) is 27.7 Å². The Balaban J connectivity index is 0.00000128. The molecular formula is C12H15CsO3. The third kappa shape index (κ3) is 4.25. The van der Waals surface area contributed by atoms with Gasteiger partial charge in [0.05, 0.1) is 7.11 Å². The summed E-state index contributed by atoms with van der Waals surface area (Å²) in [6.07, 6.45) is 0.764. The molecule has 1 aliphatic heterocycles. The Morgan fingerprint density at radius 3 is 2.38 bits per heavy atom. The van der Waals surface area contributed by atoms with Gasteiger partial charge in [0.1, 0.15) is 11.5 Å². The van der Waals surface area contributed by atoms with Crippen LogP contribution in [0.15, 0.2) is 24.3 Å². The summed E-state index contributed by atoms with van der Waals surface area (Å²) < 4.78 is 16.0. The Morgan fingerprint density at radius 2 is 1.88 bits per heavy atom. The third-order valence-corrected chi connectivity index (χ3v) is 2.35. The van der Waals surface area contributed by atoms with Crippen molar-refractivity contribution in [2.75, 3.05) is 7.11 Å². The normalized spacial score (nSPS) is 23.6. The molecular weight excluding hydrogens is 325 g/mol. The van der Waals surface area contributed by atoms with Crippen molar-refractivity contribution in [1.29, 1.82) is 0 Å². The van der Waals surface area contributed by atoms with Crippen molar-refractivity contribution in [3.05, 3.63) is 30.9 Å². The first kappa shape index (κ1) is 14.9. The van der Waals surface area contributed by atoms with Crippen molar-refractivity contribution in [2.45, 2.75) is 19.6 Å². The van der Waals surface area contributed by atoms with Crippen LogP contribution in [-0.2, 0) is 4.74 Å². The van der Waals surface area contributed by atoms with Gasteiger partial charge in [-0.25, -0.2) is 6.61 Å². The van der Waals surface area contributed by atoms with Gasteiger partial charge in [-0.2, -0.15) is 0 Å². The first-order chi connectivity index (χ1) is 7.28. The smallest absolute Gasteiger partial charge is 0.520 e. The maximum absolute atomic E-state index is 5.64. The van der Waals surface area contributed by atoms with Crippen molar-refractivity contribution < 1.29 is 83.1 Å². The summed E-state index contributed by atoms with van der Waals surface area (Å²) in [6.45, 7) is 3.94. The van der Waals surface area contributed by atoms with E-state index < -0.39 is 0 Å². The molecule has 2 atom stereocenters. The molecule has 1 unspecified atom stereocenters. The number of rotatable bonds is 3. The van der Waals surface area contributed by atoms with Gasteiger partial charge in [0.25, 0.3) is 0 Å². The molecule has 1 saturated heterocycles. The maximum atomic E-state index is 5.64. The van der Waals surface area contributed by atoms with Gasteiger partial charge in [-0.3, -0.25) is 0 Å². The fourth-order valence-corrected chi connectivity index (χ4v) is 1.52. The molecule has 0 radical (unpaired) electrons. The van der Waals surface area contributed by atoms with E-state index in [2.05, 4.69) is 6.92 Å². The van der Waals surface area contributed by atoms with E-state index in [9.17, 15) is 0 Å².